The van der Waals surface area contributed by atoms with E-state index in [-0.39, 0.29) is 18.1 Å². The fourth-order valence-corrected chi connectivity index (χ4v) is 3.85. The van der Waals surface area contributed by atoms with Crippen LogP contribution < -0.4 is 20.6 Å². The molecule has 0 bridgehead atoms. The smallest absolute Gasteiger partial charge is 0.336 e. The fraction of sp³-hybridized carbons (Fsp3) is 0.333. The zero-order chi connectivity index (χ0) is 20.9. The third kappa shape index (κ3) is 4.64. The molecule has 1 aliphatic heterocycles. The Morgan fingerprint density at radius 3 is 2.57 bits per heavy atom. The number of benzene rings is 2. The lowest BCUT2D eigenvalue weighted by Gasteiger charge is -2.28. The predicted octanol–water partition coefficient (Wildman–Crippen LogP) is 4.36. The van der Waals surface area contributed by atoms with Gasteiger partial charge in [-0.2, -0.15) is 0 Å². The first-order valence-electron chi connectivity index (χ1n) is 10.5. The van der Waals surface area contributed by atoms with E-state index in [1.165, 1.54) is 31.0 Å². The SMILES string of the molecule is CCc1cc(=O)oc2cc(OCC(=O)Nc3ccc(N4CCCCC4)cc3)ccc12. The van der Waals surface area contributed by atoms with Crippen LogP contribution in [0.5, 0.6) is 5.75 Å². The minimum atomic E-state index is -0.387. The summed E-state index contributed by atoms with van der Waals surface area (Å²) < 4.78 is 10.9. The fourth-order valence-electron chi connectivity index (χ4n) is 3.85. The molecule has 0 unspecified atom stereocenters. The minimum absolute atomic E-state index is 0.128. The first-order chi connectivity index (χ1) is 14.6. The Morgan fingerprint density at radius 2 is 1.83 bits per heavy atom. The summed E-state index contributed by atoms with van der Waals surface area (Å²) in [6.45, 7) is 4.04. The molecule has 0 aliphatic carbocycles. The molecule has 0 radical (unpaired) electrons. The highest BCUT2D eigenvalue weighted by molar-refractivity contribution is 5.92. The van der Waals surface area contributed by atoms with Crippen LogP contribution in [-0.4, -0.2) is 25.6 Å². The number of nitrogens with zero attached hydrogens (tertiary/aromatic N) is 1. The summed E-state index contributed by atoms with van der Waals surface area (Å²) in [5.74, 6) is 0.235. The lowest BCUT2D eigenvalue weighted by atomic mass is 10.1. The van der Waals surface area contributed by atoms with Gasteiger partial charge in [-0.05, 0) is 67.6 Å². The van der Waals surface area contributed by atoms with E-state index in [2.05, 4.69) is 10.2 Å². The van der Waals surface area contributed by atoms with Crippen molar-refractivity contribution >= 4 is 28.3 Å². The third-order valence-electron chi connectivity index (χ3n) is 5.42. The molecule has 1 N–H and O–H groups in total. The molecule has 6 heteroatoms. The molecular weight excluding hydrogens is 380 g/mol. The zero-order valence-electron chi connectivity index (χ0n) is 17.1. The van der Waals surface area contributed by atoms with E-state index in [1.807, 2.05) is 37.3 Å². The van der Waals surface area contributed by atoms with Gasteiger partial charge in [0.25, 0.3) is 5.91 Å². The largest absolute Gasteiger partial charge is 0.484 e. The van der Waals surface area contributed by atoms with Gasteiger partial charge in [-0.25, -0.2) is 4.79 Å². The third-order valence-corrected chi connectivity index (χ3v) is 5.42. The van der Waals surface area contributed by atoms with Crippen LogP contribution in [-0.2, 0) is 11.2 Å². The van der Waals surface area contributed by atoms with Gasteiger partial charge in [0.1, 0.15) is 11.3 Å². The van der Waals surface area contributed by atoms with Gasteiger partial charge in [0.05, 0.1) is 0 Å². The van der Waals surface area contributed by atoms with Gasteiger partial charge in [0.2, 0.25) is 0 Å². The van der Waals surface area contributed by atoms with Crippen molar-refractivity contribution in [2.45, 2.75) is 32.6 Å². The van der Waals surface area contributed by atoms with Crippen molar-refractivity contribution in [3.8, 4) is 5.75 Å². The lowest BCUT2D eigenvalue weighted by Crippen LogP contribution is -2.29. The summed E-state index contributed by atoms with van der Waals surface area (Å²) in [5.41, 5.74) is 2.93. The summed E-state index contributed by atoms with van der Waals surface area (Å²) in [6, 6.07) is 14.7. The number of hydrogen-bond acceptors (Lipinski definition) is 5. The Kier molecular flexibility index (Phi) is 6.02. The number of carbonyl (C=O) groups is 1. The highest BCUT2D eigenvalue weighted by Gasteiger charge is 2.11. The van der Waals surface area contributed by atoms with Gasteiger partial charge < -0.3 is 19.4 Å². The van der Waals surface area contributed by atoms with Crippen molar-refractivity contribution in [2.75, 3.05) is 29.9 Å². The Morgan fingerprint density at radius 1 is 1.07 bits per heavy atom. The molecule has 156 valence electrons. The van der Waals surface area contributed by atoms with E-state index < -0.39 is 0 Å². The average Bonchev–Trinajstić information content (AvgIpc) is 2.78. The quantitative estimate of drug-likeness (QED) is 0.616. The molecule has 1 amide bonds. The molecule has 6 nitrogen and oxygen atoms in total. The molecule has 1 fully saturated rings. The van der Waals surface area contributed by atoms with E-state index in [0.29, 0.717) is 11.3 Å². The number of amides is 1. The van der Waals surface area contributed by atoms with E-state index in [9.17, 15) is 9.59 Å². The summed E-state index contributed by atoms with van der Waals surface area (Å²) in [5, 5.41) is 3.73. The first-order valence-corrected chi connectivity index (χ1v) is 10.5. The van der Waals surface area contributed by atoms with Gasteiger partial charge in [-0.15, -0.1) is 0 Å². The monoisotopic (exact) mass is 406 g/mol. The number of anilines is 2. The van der Waals surface area contributed by atoms with Crippen molar-refractivity contribution in [1.82, 2.24) is 0 Å². The molecule has 2 heterocycles. The maximum Gasteiger partial charge on any atom is 0.336 e. The number of carbonyl (C=O) groups excluding carboxylic acids is 1. The van der Waals surface area contributed by atoms with Crippen molar-refractivity contribution in [1.29, 1.82) is 0 Å². The van der Waals surface area contributed by atoms with Crippen LogP contribution in [0.25, 0.3) is 11.0 Å². The summed E-state index contributed by atoms with van der Waals surface area (Å²) in [4.78, 5) is 26.3. The maximum absolute atomic E-state index is 12.3. The van der Waals surface area contributed by atoms with Gasteiger partial charge in [0.15, 0.2) is 6.61 Å². The van der Waals surface area contributed by atoms with E-state index in [0.717, 1.165) is 36.1 Å². The van der Waals surface area contributed by atoms with Crippen LogP contribution in [0.15, 0.2) is 57.7 Å². The first kappa shape index (κ1) is 20.0. The van der Waals surface area contributed by atoms with Crippen LogP contribution >= 0.6 is 0 Å². The maximum atomic E-state index is 12.3. The van der Waals surface area contributed by atoms with Crippen molar-refractivity contribution in [3.63, 3.8) is 0 Å². The van der Waals surface area contributed by atoms with Crippen LogP contribution in [0.2, 0.25) is 0 Å². The topological polar surface area (TPSA) is 71.8 Å². The van der Waals surface area contributed by atoms with Gasteiger partial charge >= 0.3 is 5.63 Å². The summed E-state index contributed by atoms with van der Waals surface area (Å²) in [7, 11) is 0. The van der Waals surface area contributed by atoms with Crippen molar-refractivity contribution in [2.24, 2.45) is 0 Å². The molecule has 0 atom stereocenters. The van der Waals surface area contributed by atoms with Gasteiger partial charge in [-0.1, -0.05) is 6.92 Å². The number of aryl methyl sites for hydroxylation is 1. The predicted molar refractivity (Wildman–Crippen MR) is 118 cm³/mol. The molecule has 30 heavy (non-hydrogen) atoms. The standard InChI is InChI=1S/C24H26N2O4/c1-2-17-14-24(28)30-22-15-20(10-11-21(17)22)29-16-23(27)25-18-6-8-19(9-7-18)26-12-4-3-5-13-26/h6-11,14-15H,2-5,12-13,16H2,1H3,(H,25,27). The van der Waals surface area contributed by atoms with E-state index in [1.54, 1.807) is 12.1 Å². The van der Waals surface area contributed by atoms with E-state index in [4.69, 9.17) is 9.15 Å². The average molecular weight is 406 g/mol. The van der Waals surface area contributed by atoms with Crippen molar-refractivity contribution < 1.29 is 13.9 Å². The normalized spacial score (nSPS) is 14.0. The Balaban J connectivity index is 1.36. The van der Waals surface area contributed by atoms with E-state index >= 15 is 0 Å². The van der Waals surface area contributed by atoms with Crippen LogP contribution in [0.4, 0.5) is 11.4 Å². The number of nitrogens with one attached hydrogen (secondary N) is 1. The van der Waals surface area contributed by atoms with Crippen LogP contribution in [0.3, 0.4) is 0 Å². The molecule has 1 saturated heterocycles. The highest BCUT2D eigenvalue weighted by Crippen LogP contribution is 2.24. The number of hydrogen-bond donors (Lipinski definition) is 1. The van der Waals surface area contributed by atoms with Crippen LogP contribution in [0.1, 0.15) is 31.7 Å². The van der Waals surface area contributed by atoms with Gasteiger partial charge in [0, 0.05) is 42.0 Å². The second kappa shape index (κ2) is 9.03. The van der Waals surface area contributed by atoms with Crippen LogP contribution in [0, 0.1) is 0 Å². The zero-order valence-corrected chi connectivity index (χ0v) is 17.1. The molecular formula is C24H26N2O4. The molecule has 0 spiro atoms. The molecule has 2 aromatic carbocycles. The number of rotatable bonds is 6. The van der Waals surface area contributed by atoms with Gasteiger partial charge in [-0.3, -0.25) is 4.79 Å². The lowest BCUT2D eigenvalue weighted by molar-refractivity contribution is -0.118. The number of piperidine rings is 1. The minimum Gasteiger partial charge on any atom is -0.484 e. The summed E-state index contributed by atoms with van der Waals surface area (Å²) in [6.07, 6.45) is 4.50. The number of fused-ring (bicyclic) bond motifs is 1. The highest BCUT2D eigenvalue weighted by atomic mass is 16.5. The number of ether oxygens (including phenoxy) is 1. The Labute approximate surface area is 175 Å². The second-order valence-corrected chi connectivity index (χ2v) is 7.53. The molecule has 0 saturated carbocycles. The second-order valence-electron chi connectivity index (χ2n) is 7.53. The molecule has 4 rings (SSSR count). The molecule has 1 aliphatic rings. The molecule has 3 aromatic rings. The molecule has 1 aromatic heterocycles. The van der Waals surface area contributed by atoms with Crippen molar-refractivity contribution in [3.05, 3.63) is 64.5 Å². The Hall–Kier alpha value is -3.28. The summed E-state index contributed by atoms with van der Waals surface area (Å²) >= 11 is 0. The Bertz CT molecular complexity index is 1080.